The molecule has 0 bridgehead atoms. The summed E-state index contributed by atoms with van der Waals surface area (Å²) < 4.78 is 40.8. The summed E-state index contributed by atoms with van der Waals surface area (Å²) in [6.45, 7) is 8.44. The van der Waals surface area contributed by atoms with E-state index in [-0.39, 0.29) is 51.8 Å². The van der Waals surface area contributed by atoms with Crippen LogP contribution in [0.15, 0.2) is 21.9 Å². The normalized spacial score (nSPS) is 22.7. The highest BCUT2D eigenvalue weighted by Crippen LogP contribution is 2.47. The molecule has 1 unspecified atom stereocenters. The van der Waals surface area contributed by atoms with Gasteiger partial charge in [0.05, 0.1) is 38.9 Å². The summed E-state index contributed by atoms with van der Waals surface area (Å²) >= 11 is 0. The summed E-state index contributed by atoms with van der Waals surface area (Å²) in [4.78, 5) is 25.7. The molecule has 2 N–H and O–H groups in total. The maximum atomic E-state index is 12.1. The minimum atomic E-state index is -1.51. The predicted molar refractivity (Wildman–Crippen MR) is 120 cm³/mol. The van der Waals surface area contributed by atoms with E-state index in [1.165, 1.54) is 23.9 Å². The van der Waals surface area contributed by atoms with Crippen LogP contribution >= 0.6 is 8.53 Å². The van der Waals surface area contributed by atoms with E-state index in [0.717, 1.165) is 0 Å². The first-order valence-corrected chi connectivity index (χ1v) is 11.3. The van der Waals surface area contributed by atoms with Crippen molar-refractivity contribution in [1.29, 1.82) is 6.69 Å². The lowest BCUT2D eigenvalue weighted by atomic mass is 10.1. The molecule has 1 aliphatic heterocycles. The summed E-state index contributed by atoms with van der Waals surface area (Å²) in [5, 5.41) is 12.3. The minimum absolute atomic E-state index is 0.0132. The number of aliphatic hydroxyl groups is 1. The first kappa shape index (κ1) is 25.0. The van der Waals surface area contributed by atoms with Crippen LogP contribution in [-0.2, 0) is 18.5 Å². The number of nitrogens with zero attached hydrogens (tertiary/aromatic N) is 3. The first-order valence-electron chi connectivity index (χ1n) is 11.3. The van der Waals surface area contributed by atoms with Gasteiger partial charge in [-0.1, -0.05) is 0 Å². The topological polar surface area (TPSA) is 139 Å². The largest absolute Gasteiger partial charge is 0.400 e. The van der Waals surface area contributed by atoms with Crippen molar-refractivity contribution in [3.8, 4) is 6.07 Å². The molecule has 1 fully saturated rings. The van der Waals surface area contributed by atoms with Crippen molar-refractivity contribution in [2.24, 2.45) is 0 Å². The Morgan fingerprint density at radius 3 is 2.75 bits per heavy atom. The van der Waals surface area contributed by atoms with E-state index in [9.17, 15) is 9.59 Å². The van der Waals surface area contributed by atoms with Crippen LogP contribution in [0.1, 0.15) is 48.6 Å². The molecule has 0 aromatic carbocycles. The highest BCUT2D eigenvalue weighted by molar-refractivity contribution is 7.44. The number of hydrogen-bond donors (Lipinski definition) is 2. The summed E-state index contributed by atoms with van der Waals surface area (Å²) in [6, 6.07) is 3.55. The fourth-order valence-electron chi connectivity index (χ4n) is 3.06. The molecule has 2 heterocycles. The molecule has 0 amide bonds. The van der Waals surface area contributed by atoms with Gasteiger partial charge in [-0.25, -0.2) is 9.46 Å². The average molecular weight is 478 g/mol. The van der Waals surface area contributed by atoms with Crippen LogP contribution in [0.5, 0.6) is 0 Å². The zero-order valence-corrected chi connectivity index (χ0v) is 20.2. The molecule has 0 spiro atoms. The Labute approximate surface area is 192 Å². The maximum Gasteiger partial charge on any atom is 0.330 e. The molecule has 0 saturated carbocycles. The Morgan fingerprint density at radius 1 is 1.50 bits per heavy atom. The SMILES string of the molecule is [2H]C[C@@]1(COP(OCCC#N)N(C(C)C)C(C)C)COC[C@H](n2ccc(=O)[nH]c2=O)O1.[3H]OC. The molecule has 0 radical (unpaired) electrons. The molecular formula is C20H35N4O7P. The van der Waals surface area contributed by atoms with Gasteiger partial charge in [-0.05, 0) is 34.6 Å². The van der Waals surface area contributed by atoms with Crippen molar-refractivity contribution in [2.75, 3.05) is 33.5 Å². The maximum absolute atomic E-state index is 12.1. The molecule has 1 saturated heterocycles. The number of nitrogens with one attached hydrogen (secondary N) is 1. The van der Waals surface area contributed by atoms with Gasteiger partial charge in [0.15, 0.2) is 6.23 Å². The van der Waals surface area contributed by atoms with Crippen molar-refractivity contribution in [2.45, 2.75) is 64.9 Å². The van der Waals surface area contributed by atoms with E-state index < -0.39 is 31.6 Å². The molecule has 3 atom stereocenters. The molecule has 11 nitrogen and oxygen atoms in total. The van der Waals surface area contributed by atoms with Crippen molar-refractivity contribution < 1.29 is 25.0 Å². The predicted octanol–water partition coefficient (Wildman–Crippen LogP) is 1.74. The van der Waals surface area contributed by atoms with Gasteiger partial charge < -0.3 is 23.6 Å². The van der Waals surface area contributed by atoms with Gasteiger partial charge in [-0.15, -0.1) is 0 Å². The number of nitriles is 1. The van der Waals surface area contributed by atoms with Crippen molar-refractivity contribution in [3.63, 3.8) is 0 Å². The van der Waals surface area contributed by atoms with Crippen LogP contribution in [0.4, 0.5) is 0 Å². The second kappa shape index (κ2) is 13.8. The van der Waals surface area contributed by atoms with Crippen molar-refractivity contribution in [1.82, 2.24) is 14.2 Å². The summed E-state index contributed by atoms with van der Waals surface area (Å²) in [5.41, 5.74) is -2.23. The monoisotopic (exact) mass is 477 g/mol. The van der Waals surface area contributed by atoms with Gasteiger partial charge in [-0.3, -0.25) is 14.3 Å². The summed E-state index contributed by atoms with van der Waals surface area (Å²) in [5.74, 6) is 0. The highest BCUT2D eigenvalue weighted by Gasteiger charge is 2.38. The third-order valence-corrected chi connectivity index (χ3v) is 6.33. The van der Waals surface area contributed by atoms with Crippen LogP contribution in [0.2, 0.25) is 0 Å². The highest BCUT2D eigenvalue weighted by atomic mass is 31.2. The molecule has 1 aliphatic rings. The van der Waals surface area contributed by atoms with Gasteiger partial charge in [0.25, 0.3) is 14.1 Å². The lowest BCUT2D eigenvalue weighted by molar-refractivity contribution is -0.227. The Bertz CT molecular complexity index is 871. The Morgan fingerprint density at radius 2 is 2.19 bits per heavy atom. The Kier molecular flexibility index (Phi) is 10.8. The molecule has 32 heavy (non-hydrogen) atoms. The third-order valence-electron chi connectivity index (χ3n) is 4.27. The fourth-order valence-corrected chi connectivity index (χ4v) is 4.74. The lowest BCUT2D eigenvalue weighted by Gasteiger charge is -2.41. The van der Waals surface area contributed by atoms with Crippen LogP contribution in [0, 0.1) is 11.3 Å². The molecule has 0 aliphatic carbocycles. The van der Waals surface area contributed by atoms with Gasteiger partial charge in [0.2, 0.25) is 1.43 Å². The number of hydrogen-bond acceptors (Lipinski definition) is 9. The van der Waals surface area contributed by atoms with Crippen molar-refractivity contribution >= 4 is 8.53 Å². The van der Waals surface area contributed by atoms with E-state index in [1.54, 1.807) is 0 Å². The zero-order chi connectivity index (χ0) is 25.7. The number of aromatic nitrogens is 2. The van der Waals surface area contributed by atoms with Crippen LogP contribution in [0.25, 0.3) is 0 Å². The Hall–Kier alpha value is -1.64. The van der Waals surface area contributed by atoms with Gasteiger partial charge in [-0.2, -0.15) is 5.26 Å². The number of ether oxygens (including phenoxy) is 2. The van der Waals surface area contributed by atoms with E-state index in [4.69, 9.17) is 26.6 Å². The van der Waals surface area contributed by atoms with Gasteiger partial charge in [0, 0.05) is 32.8 Å². The van der Waals surface area contributed by atoms with Crippen LogP contribution in [-0.4, -0.2) is 72.0 Å². The smallest absolute Gasteiger partial charge is 0.330 e. The third kappa shape index (κ3) is 8.37. The zero-order valence-electron chi connectivity index (χ0n) is 21.3. The van der Waals surface area contributed by atoms with Crippen molar-refractivity contribution in [3.05, 3.63) is 33.1 Å². The van der Waals surface area contributed by atoms with E-state index in [0.29, 0.717) is 0 Å². The summed E-state index contributed by atoms with van der Waals surface area (Å²) in [7, 11) is -0.217. The van der Waals surface area contributed by atoms with Gasteiger partial charge in [0.1, 0.15) is 5.60 Å². The molecule has 12 heteroatoms. The quantitative estimate of drug-likeness (QED) is 0.381. The molecule has 182 valence electrons. The molecule has 1 aromatic rings. The fraction of sp³-hybridized carbons (Fsp3) is 0.750. The van der Waals surface area contributed by atoms with Crippen LogP contribution < -0.4 is 11.2 Å². The minimum Gasteiger partial charge on any atom is -0.400 e. The van der Waals surface area contributed by atoms with Crippen LogP contribution in [0.3, 0.4) is 0 Å². The van der Waals surface area contributed by atoms with E-state index in [2.05, 4.69) is 20.8 Å². The lowest BCUT2D eigenvalue weighted by Crippen LogP contribution is -2.49. The Balaban J connectivity index is 0.00000182. The number of aromatic amines is 1. The average Bonchev–Trinajstić information content (AvgIpc) is 2.77. The number of H-pyrrole nitrogens is 1. The summed E-state index contributed by atoms with van der Waals surface area (Å²) in [6.07, 6.45) is 0.781. The molecular weight excluding hydrogens is 439 g/mol. The standard InChI is InChI=1S/C19H31N4O6P.CH4O/c1-14(2)23(15(3)4)30(27-10-6-8-20)28-13-19(5)12-26-11-17(29-19)22-9-7-16(24)21-18(22)25;1-2/h7,9,14-15,17H,6,10-13H2,1-5H3,(H,21,24,25);2H,1H3/t17-,19+,30?;/m1./s1/i5D;2T. The first-order chi connectivity index (χ1) is 16.1. The second-order valence-electron chi connectivity index (χ2n) is 7.61. The number of rotatable bonds is 10. The number of aliphatic hydroxyl groups excluding tert-OH is 1. The molecule has 2 rings (SSSR count). The van der Waals surface area contributed by atoms with E-state index >= 15 is 0 Å². The second-order valence-corrected chi connectivity index (χ2v) is 9.06. The van der Waals surface area contributed by atoms with Gasteiger partial charge >= 0.3 is 5.69 Å². The molecule has 1 aromatic heterocycles. The van der Waals surface area contributed by atoms with E-state index in [1.807, 2.05) is 27.7 Å².